The summed E-state index contributed by atoms with van der Waals surface area (Å²) in [5, 5.41) is 4.75. The van der Waals surface area contributed by atoms with E-state index in [1.54, 1.807) is 27.9 Å². The van der Waals surface area contributed by atoms with Gasteiger partial charge in [0, 0.05) is 48.2 Å². The Morgan fingerprint density at radius 3 is 2.87 bits per heavy atom. The molecule has 1 aliphatic carbocycles. The molecule has 0 saturated heterocycles. The summed E-state index contributed by atoms with van der Waals surface area (Å²) in [6.45, 7) is 6.54. The van der Waals surface area contributed by atoms with Crippen molar-refractivity contribution in [2.75, 3.05) is 18.4 Å². The van der Waals surface area contributed by atoms with Crippen LogP contribution in [0.3, 0.4) is 0 Å². The highest BCUT2D eigenvalue weighted by molar-refractivity contribution is 7.15. The number of hydrogen-bond donors (Lipinski definition) is 1. The fourth-order valence-electron chi connectivity index (χ4n) is 3.97. The number of carbonyl (C=O) groups is 1. The number of rotatable bonds is 5. The molecular weight excluding hydrogens is 420 g/mol. The van der Waals surface area contributed by atoms with Gasteiger partial charge in [-0.1, -0.05) is 12.7 Å². The quantitative estimate of drug-likeness (QED) is 0.571. The van der Waals surface area contributed by atoms with Crippen LogP contribution in [0.2, 0.25) is 0 Å². The van der Waals surface area contributed by atoms with Gasteiger partial charge in [0.2, 0.25) is 5.91 Å². The third-order valence-corrected chi connectivity index (χ3v) is 6.53. The second kappa shape index (κ2) is 7.26. The fourth-order valence-corrected chi connectivity index (χ4v) is 4.64. The topological polar surface area (TPSA) is 63.1 Å². The van der Waals surface area contributed by atoms with Crippen LogP contribution in [0, 0.1) is 6.92 Å². The second-order valence-electron chi connectivity index (χ2n) is 7.86. The number of nitrogens with one attached hydrogen (secondary N) is 1. The molecule has 0 spiro atoms. The molecule has 0 aromatic carbocycles. The molecule has 4 heterocycles. The molecule has 160 valence electrons. The van der Waals surface area contributed by atoms with Crippen molar-refractivity contribution in [3.05, 3.63) is 53.8 Å². The standard InChI is InChI=1S/C22H21F2N5OS/c1-3-19(30)28-7-4-14(5-8-28)20-15-6-9-29(17-11-22(17,23)24)16(15)10-18(26-20)27-21-25-12-13(2)31-21/h3-4,6,9-10,12,17H,1,5,7-8,11H2,2H3,(H,25,26,27). The van der Waals surface area contributed by atoms with Crippen molar-refractivity contribution in [3.63, 3.8) is 0 Å². The predicted octanol–water partition coefficient (Wildman–Crippen LogP) is 4.93. The second-order valence-corrected chi connectivity index (χ2v) is 9.10. The summed E-state index contributed by atoms with van der Waals surface area (Å²) in [5.74, 6) is -2.22. The van der Waals surface area contributed by atoms with E-state index in [1.165, 1.54) is 17.4 Å². The molecule has 1 atom stereocenters. The Kier molecular flexibility index (Phi) is 4.65. The molecule has 1 N–H and O–H groups in total. The van der Waals surface area contributed by atoms with E-state index >= 15 is 0 Å². The Hall–Kier alpha value is -3.07. The number of aryl methyl sites for hydroxylation is 1. The highest BCUT2D eigenvalue weighted by atomic mass is 32.1. The molecule has 31 heavy (non-hydrogen) atoms. The van der Waals surface area contributed by atoms with Gasteiger partial charge in [0.1, 0.15) is 11.9 Å². The van der Waals surface area contributed by atoms with Crippen LogP contribution in [-0.4, -0.2) is 44.4 Å². The first-order valence-electron chi connectivity index (χ1n) is 10.1. The van der Waals surface area contributed by atoms with Gasteiger partial charge < -0.3 is 14.8 Å². The van der Waals surface area contributed by atoms with E-state index in [0.29, 0.717) is 36.0 Å². The van der Waals surface area contributed by atoms with Crippen molar-refractivity contribution in [1.82, 2.24) is 19.4 Å². The van der Waals surface area contributed by atoms with Gasteiger partial charge in [0.25, 0.3) is 5.92 Å². The maximum Gasteiger partial charge on any atom is 0.270 e. The summed E-state index contributed by atoms with van der Waals surface area (Å²) in [6.07, 6.45) is 7.26. The molecule has 0 bridgehead atoms. The van der Waals surface area contributed by atoms with Crippen LogP contribution in [0.4, 0.5) is 19.7 Å². The predicted molar refractivity (Wildman–Crippen MR) is 118 cm³/mol. The monoisotopic (exact) mass is 441 g/mol. The summed E-state index contributed by atoms with van der Waals surface area (Å²) in [6, 6.07) is 2.84. The molecule has 1 amide bonds. The summed E-state index contributed by atoms with van der Waals surface area (Å²) < 4.78 is 29.3. The number of nitrogens with zero attached hydrogens (tertiary/aromatic N) is 4. The number of hydrogen-bond acceptors (Lipinski definition) is 5. The normalized spacial score (nSPS) is 19.9. The zero-order valence-electron chi connectivity index (χ0n) is 16.9. The SMILES string of the molecule is C=CC(=O)N1CC=C(c2nc(Nc3ncc(C)s3)cc3c2ccn3C2CC2(F)F)CC1. The van der Waals surface area contributed by atoms with Crippen molar-refractivity contribution in [2.24, 2.45) is 0 Å². The largest absolute Gasteiger partial charge is 0.338 e. The van der Waals surface area contributed by atoms with E-state index in [1.807, 2.05) is 19.1 Å². The zero-order valence-corrected chi connectivity index (χ0v) is 17.8. The molecular formula is C22H21F2N5OS. The van der Waals surface area contributed by atoms with Crippen molar-refractivity contribution < 1.29 is 13.6 Å². The summed E-state index contributed by atoms with van der Waals surface area (Å²) >= 11 is 1.50. The van der Waals surface area contributed by atoms with Crippen molar-refractivity contribution in [3.8, 4) is 0 Å². The molecule has 3 aromatic rings. The van der Waals surface area contributed by atoms with Crippen LogP contribution in [0.5, 0.6) is 0 Å². The van der Waals surface area contributed by atoms with E-state index in [4.69, 9.17) is 4.98 Å². The minimum atomic E-state index is -2.68. The van der Waals surface area contributed by atoms with Gasteiger partial charge in [0.05, 0.1) is 11.2 Å². The molecule has 9 heteroatoms. The number of carbonyl (C=O) groups excluding carboxylic acids is 1. The Morgan fingerprint density at radius 2 is 2.26 bits per heavy atom. The number of amides is 1. The van der Waals surface area contributed by atoms with E-state index in [9.17, 15) is 13.6 Å². The molecule has 1 saturated carbocycles. The molecule has 5 rings (SSSR count). The Balaban J connectivity index is 1.57. The lowest BCUT2D eigenvalue weighted by atomic mass is 10.0. The Labute approximate surface area is 181 Å². The summed E-state index contributed by atoms with van der Waals surface area (Å²) in [4.78, 5) is 23.8. The number of fused-ring (bicyclic) bond motifs is 1. The lowest BCUT2D eigenvalue weighted by Crippen LogP contribution is -2.33. The molecule has 6 nitrogen and oxygen atoms in total. The van der Waals surface area contributed by atoms with Gasteiger partial charge >= 0.3 is 0 Å². The highest BCUT2D eigenvalue weighted by Gasteiger charge is 2.58. The molecule has 2 aliphatic rings. The molecule has 1 aliphatic heterocycles. The first-order chi connectivity index (χ1) is 14.9. The number of alkyl halides is 2. The zero-order chi connectivity index (χ0) is 21.8. The lowest BCUT2D eigenvalue weighted by molar-refractivity contribution is -0.125. The lowest BCUT2D eigenvalue weighted by Gasteiger charge is -2.25. The molecule has 0 radical (unpaired) electrons. The highest BCUT2D eigenvalue weighted by Crippen LogP contribution is 2.53. The molecule has 1 unspecified atom stereocenters. The van der Waals surface area contributed by atoms with E-state index in [2.05, 4.69) is 16.9 Å². The third-order valence-electron chi connectivity index (χ3n) is 5.70. The average molecular weight is 442 g/mol. The number of halogens is 2. The third kappa shape index (κ3) is 3.63. The van der Waals surface area contributed by atoms with Crippen LogP contribution >= 0.6 is 11.3 Å². The maximum atomic E-state index is 13.8. The van der Waals surface area contributed by atoms with Gasteiger partial charge in [-0.15, -0.1) is 11.3 Å². The number of anilines is 2. The van der Waals surface area contributed by atoms with Crippen LogP contribution < -0.4 is 5.32 Å². The first kappa shape index (κ1) is 19.9. The minimum absolute atomic E-state index is 0.106. The van der Waals surface area contributed by atoms with Crippen LogP contribution in [0.25, 0.3) is 16.5 Å². The minimum Gasteiger partial charge on any atom is -0.338 e. The maximum absolute atomic E-state index is 13.8. The van der Waals surface area contributed by atoms with Crippen molar-refractivity contribution in [1.29, 1.82) is 0 Å². The van der Waals surface area contributed by atoms with E-state index < -0.39 is 12.0 Å². The number of pyridine rings is 1. The van der Waals surface area contributed by atoms with Gasteiger partial charge in [-0.05, 0) is 31.1 Å². The Morgan fingerprint density at radius 1 is 1.45 bits per heavy atom. The van der Waals surface area contributed by atoms with Crippen LogP contribution in [0.15, 0.2) is 43.3 Å². The van der Waals surface area contributed by atoms with Crippen LogP contribution in [0.1, 0.15) is 29.5 Å². The van der Waals surface area contributed by atoms with Gasteiger partial charge in [-0.25, -0.2) is 18.7 Å². The average Bonchev–Trinajstić information content (AvgIpc) is 3.08. The van der Waals surface area contributed by atoms with Crippen LogP contribution in [-0.2, 0) is 4.79 Å². The van der Waals surface area contributed by atoms with Gasteiger partial charge in [-0.2, -0.15) is 0 Å². The number of thiazole rings is 1. The first-order valence-corrected chi connectivity index (χ1v) is 10.9. The smallest absolute Gasteiger partial charge is 0.270 e. The van der Waals surface area contributed by atoms with Crippen molar-refractivity contribution >= 4 is 44.7 Å². The van der Waals surface area contributed by atoms with Gasteiger partial charge in [0.15, 0.2) is 5.13 Å². The van der Waals surface area contributed by atoms with E-state index in [-0.39, 0.29) is 12.3 Å². The number of aromatic nitrogens is 3. The fraction of sp³-hybridized carbons (Fsp3) is 0.318. The molecule has 3 aromatic heterocycles. The van der Waals surface area contributed by atoms with Gasteiger partial charge in [-0.3, -0.25) is 4.79 Å². The molecule has 1 fully saturated rings. The van der Waals surface area contributed by atoms with Crippen molar-refractivity contribution in [2.45, 2.75) is 31.7 Å². The Bertz CT molecular complexity index is 1230. The summed E-state index contributed by atoms with van der Waals surface area (Å²) in [5.41, 5.74) is 2.47. The summed E-state index contributed by atoms with van der Waals surface area (Å²) in [7, 11) is 0. The van der Waals surface area contributed by atoms with E-state index in [0.717, 1.165) is 21.5 Å².